The number of aromatic nitrogens is 3. The molecule has 0 unspecified atom stereocenters. The maximum Gasteiger partial charge on any atom is 0.346 e. The molecule has 0 radical (unpaired) electrons. The summed E-state index contributed by atoms with van der Waals surface area (Å²) in [7, 11) is 1.72. The summed E-state index contributed by atoms with van der Waals surface area (Å²) in [6, 6.07) is 3.88. The molecule has 1 aliphatic carbocycles. The van der Waals surface area contributed by atoms with Crippen LogP contribution in [0.3, 0.4) is 0 Å². The van der Waals surface area contributed by atoms with Crippen LogP contribution in [0.15, 0.2) is 22.3 Å². The first kappa shape index (κ1) is 17.0. The number of carbonyl (C=O) groups is 1. The fourth-order valence-electron chi connectivity index (χ4n) is 3.28. The van der Waals surface area contributed by atoms with E-state index in [4.69, 9.17) is 0 Å². The molecular weight excluding hydrogens is 324 g/mol. The minimum Gasteiger partial charge on any atom is -0.354 e. The Balaban J connectivity index is 1.49. The highest BCUT2D eigenvalue weighted by Gasteiger charge is 2.16. The second kappa shape index (κ2) is 7.79. The lowest BCUT2D eigenvalue weighted by Gasteiger charge is -2.08. The first-order valence-electron chi connectivity index (χ1n) is 8.59. The minimum atomic E-state index is -0.154. The van der Waals surface area contributed by atoms with Crippen molar-refractivity contribution in [1.82, 2.24) is 19.7 Å². The average molecular weight is 348 g/mol. The molecule has 0 saturated heterocycles. The summed E-state index contributed by atoms with van der Waals surface area (Å²) < 4.78 is 2.97. The van der Waals surface area contributed by atoms with Crippen molar-refractivity contribution in [2.45, 2.75) is 45.1 Å². The summed E-state index contributed by atoms with van der Waals surface area (Å²) >= 11 is 1.55. The predicted molar refractivity (Wildman–Crippen MR) is 95.0 cm³/mol. The van der Waals surface area contributed by atoms with E-state index in [1.165, 1.54) is 30.4 Å². The summed E-state index contributed by atoms with van der Waals surface area (Å²) in [4.78, 5) is 25.1. The minimum absolute atomic E-state index is 0.0735. The van der Waals surface area contributed by atoms with Gasteiger partial charge < -0.3 is 5.32 Å². The number of thiophene rings is 1. The van der Waals surface area contributed by atoms with Gasteiger partial charge in [-0.15, -0.1) is 16.4 Å². The average Bonchev–Trinajstić information content (AvgIpc) is 3.31. The number of nitrogens with one attached hydrogen (secondary N) is 1. The second-order valence-electron chi connectivity index (χ2n) is 6.40. The van der Waals surface area contributed by atoms with Crippen molar-refractivity contribution in [3.05, 3.63) is 28.0 Å². The summed E-state index contributed by atoms with van der Waals surface area (Å²) in [6.07, 6.45) is 6.72. The van der Waals surface area contributed by atoms with E-state index in [1.807, 2.05) is 17.5 Å². The van der Waals surface area contributed by atoms with Crippen LogP contribution >= 0.6 is 11.3 Å². The van der Waals surface area contributed by atoms with Crippen LogP contribution < -0.4 is 11.0 Å². The van der Waals surface area contributed by atoms with Gasteiger partial charge in [0.1, 0.15) is 0 Å². The van der Waals surface area contributed by atoms with E-state index in [0.717, 1.165) is 17.2 Å². The van der Waals surface area contributed by atoms with Crippen LogP contribution in [-0.4, -0.2) is 26.8 Å². The Bertz CT molecular complexity index is 726. The van der Waals surface area contributed by atoms with Gasteiger partial charge in [-0.1, -0.05) is 31.7 Å². The fourth-order valence-corrected chi connectivity index (χ4v) is 4.02. The topological polar surface area (TPSA) is 68.9 Å². The van der Waals surface area contributed by atoms with Crippen LogP contribution in [0.1, 0.15) is 38.5 Å². The molecule has 0 bridgehead atoms. The second-order valence-corrected chi connectivity index (χ2v) is 7.35. The molecule has 2 aromatic heterocycles. The molecule has 0 aromatic carbocycles. The zero-order valence-corrected chi connectivity index (χ0v) is 14.8. The van der Waals surface area contributed by atoms with Gasteiger partial charge >= 0.3 is 5.69 Å². The van der Waals surface area contributed by atoms with Gasteiger partial charge in [-0.3, -0.25) is 9.36 Å². The molecule has 0 aliphatic heterocycles. The van der Waals surface area contributed by atoms with Crippen molar-refractivity contribution in [3.8, 4) is 10.7 Å². The molecule has 1 amide bonds. The van der Waals surface area contributed by atoms with Gasteiger partial charge in [0.05, 0.1) is 11.4 Å². The molecule has 2 aromatic rings. The van der Waals surface area contributed by atoms with Crippen molar-refractivity contribution in [1.29, 1.82) is 0 Å². The lowest BCUT2D eigenvalue weighted by atomic mass is 10.0. The van der Waals surface area contributed by atoms with Gasteiger partial charge in [0.25, 0.3) is 0 Å². The van der Waals surface area contributed by atoms with Crippen LogP contribution in [-0.2, 0) is 18.4 Å². The largest absolute Gasteiger partial charge is 0.354 e. The van der Waals surface area contributed by atoms with E-state index in [9.17, 15) is 9.59 Å². The van der Waals surface area contributed by atoms with Crippen molar-refractivity contribution in [3.63, 3.8) is 0 Å². The number of amides is 1. The van der Waals surface area contributed by atoms with E-state index in [-0.39, 0.29) is 11.6 Å². The Morgan fingerprint density at radius 1 is 1.42 bits per heavy atom. The molecule has 2 heterocycles. The first-order valence-corrected chi connectivity index (χ1v) is 9.47. The van der Waals surface area contributed by atoms with Gasteiger partial charge in [0, 0.05) is 20.0 Å². The van der Waals surface area contributed by atoms with Crippen LogP contribution in [0.5, 0.6) is 0 Å². The molecule has 6 nitrogen and oxygen atoms in total. The monoisotopic (exact) mass is 348 g/mol. The van der Waals surface area contributed by atoms with Crippen LogP contribution in [0.25, 0.3) is 10.7 Å². The molecule has 24 heavy (non-hydrogen) atoms. The highest BCUT2D eigenvalue weighted by Crippen LogP contribution is 2.28. The third-order valence-corrected chi connectivity index (χ3v) is 5.55. The van der Waals surface area contributed by atoms with E-state index >= 15 is 0 Å². The van der Waals surface area contributed by atoms with Gasteiger partial charge in [0.2, 0.25) is 5.91 Å². The number of nitrogens with zero attached hydrogens (tertiary/aromatic N) is 3. The maximum atomic E-state index is 12.2. The maximum absolute atomic E-state index is 12.2. The number of hydrogen-bond acceptors (Lipinski definition) is 4. The lowest BCUT2D eigenvalue weighted by Crippen LogP contribution is -2.31. The Hall–Kier alpha value is -1.89. The van der Waals surface area contributed by atoms with E-state index in [0.29, 0.717) is 25.3 Å². The molecule has 7 heteroatoms. The van der Waals surface area contributed by atoms with Crippen LogP contribution in [0, 0.1) is 5.92 Å². The van der Waals surface area contributed by atoms with Gasteiger partial charge in [0.15, 0.2) is 5.82 Å². The van der Waals surface area contributed by atoms with E-state index in [2.05, 4.69) is 10.4 Å². The molecular formula is C17H24N4O2S. The fraction of sp³-hybridized carbons (Fsp3) is 0.588. The molecule has 1 fully saturated rings. The summed E-state index contributed by atoms with van der Waals surface area (Å²) in [5, 5.41) is 9.25. The molecule has 0 spiro atoms. The summed E-state index contributed by atoms with van der Waals surface area (Å²) in [6.45, 7) is 0.831. The number of hydrogen-bond donors (Lipinski definition) is 1. The Morgan fingerprint density at radius 2 is 2.21 bits per heavy atom. The van der Waals surface area contributed by atoms with Crippen LogP contribution in [0.4, 0.5) is 0 Å². The normalized spacial score (nSPS) is 15.0. The number of rotatable bonds is 7. The lowest BCUT2D eigenvalue weighted by molar-refractivity contribution is -0.121. The Morgan fingerprint density at radius 3 is 2.92 bits per heavy atom. The Kier molecular flexibility index (Phi) is 5.50. The third kappa shape index (κ3) is 3.95. The van der Waals surface area contributed by atoms with Crippen molar-refractivity contribution < 1.29 is 4.79 Å². The van der Waals surface area contributed by atoms with Gasteiger partial charge in [-0.2, -0.15) is 0 Å². The zero-order chi connectivity index (χ0) is 16.9. The molecule has 130 valence electrons. The van der Waals surface area contributed by atoms with E-state index in [1.54, 1.807) is 23.0 Å². The quantitative estimate of drug-likeness (QED) is 0.835. The molecule has 0 atom stereocenters. The smallest absolute Gasteiger partial charge is 0.346 e. The van der Waals surface area contributed by atoms with Crippen molar-refractivity contribution in [2.75, 3.05) is 6.54 Å². The zero-order valence-electron chi connectivity index (χ0n) is 14.0. The van der Waals surface area contributed by atoms with Gasteiger partial charge in [-0.25, -0.2) is 9.48 Å². The van der Waals surface area contributed by atoms with Gasteiger partial charge in [-0.05, 0) is 23.8 Å². The van der Waals surface area contributed by atoms with Crippen LogP contribution in [0.2, 0.25) is 0 Å². The Labute approximate surface area is 145 Å². The predicted octanol–water partition coefficient (Wildman–Crippen LogP) is 2.40. The molecule has 3 rings (SSSR count). The number of carbonyl (C=O) groups excluding carboxylic acids is 1. The van der Waals surface area contributed by atoms with E-state index < -0.39 is 0 Å². The summed E-state index contributed by atoms with van der Waals surface area (Å²) in [5.41, 5.74) is -0.154. The molecule has 1 saturated carbocycles. The highest BCUT2D eigenvalue weighted by atomic mass is 32.1. The first-order chi connectivity index (χ1) is 11.6. The standard InChI is InChI=1S/C17H24N4O2S/c1-20-16(14-7-4-12-24-14)19-21(17(20)23)11-10-18-15(22)9-8-13-5-2-3-6-13/h4,7,12-13H,2-3,5-6,8-11H2,1H3,(H,18,22). The summed E-state index contributed by atoms with van der Waals surface area (Å²) in [5.74, 6) is 1.47. The van der Waals surface area contributed by atoms with Crippen molar-refractivity contribution in [2.24, 2.45) is 13.0 Å². The molecule has 1 N–H and O–H groups in total. The molecule has 1 aliphatic rings. The third-order valence-electron chi connectivity index (χ3n) is 4.68. The highest BCUT2D eigenvalue weighted by molar-refractivity contribution is 7.13. The van der Waals surface area contributed by atoms with Crippen molar-refractivity contribution >= 4 is 17.2 Å². The SMILES string of the molecule is Cn1c(-c2cccs2)nn(CCNC(=O)CCC2CCCC2)c1=O.